The van der Waals surface area contributed by atoms with E-state index in [0.717, 1.165) is 35.6 Å². The Balaban J connectivity index is 1.63. The van der Waals surface area contributed by atoms with Crippen LogP contribution in [0.4, 0.5) is 11.5 Å². The predicted molar refractivity (Wildman–Crippen MR) is 98.4 cm³/mol. The fraction of sp³-hybridized carbons (Fsp3) is 0.316. The lowest BCUT2D eigenvalue weighted by molar-refractivity contribution is 0.614. The van der Waals surface area contributed by atoms with E-state index in [2.05, 4.69) is 26.4 Å². The van der Waals surface area contributed by atoms with Crippen molar-refractivity contribution in [3.8, 4) is 11.3 Å². The molecule has 0 saturated heterocycles. The van der Waals surface area contributed by atoms with Gasteiger partial charge in [0.2, 0.25) is 0 Å². The van der Waals surface area contributed by atoms with Crippen molar-refractivity contribution in [3.05, 3.63) is 54.1 Å². The summed E-state index contributed by atoms with van der Waals surface area (Å²) in [6.07, 6.45) is 11.9. The molecule has 0 aliphatic heterocycles. The highest BCUT2D eigenvalue weighted by Crippen LogP contribution is 2.30. The van der Waals surface area contributed by atoms with E-state index in [1.807, 2.05) is 31.6 Å². The van der Waals surface area contributed by atoms with Gasteiger partial charge in [-0.3, -0.25) is 9.67 Å². The van der Waals surface area contributed by atoms with Gasteiger partial charge in [0, 0.05) is 37.2 Å². The molecular weight excluding hydrogens is 312 g/mol. The van der Waals surface area contributed by atoms with Gasteiger partial charge in [-0.15, -0.1) is 0 Å². The van der Waals surface area contributed by atoms with Crippen molar-refractivity contribution >= 4 is 11.5 Å². The normalized spacial score (nSPS) is 17.0. The van der Waals surface area contributed by atoms with Crippen molar-refractivity contribution < 1.29 is 0 Å². The van der Waals surface area contributed by atoms with Crippen molar-refractivity contribution in [3.63, 3.8) is 0 Å². The maximum absolute atomic E-state index is 6.28. The quantitative estimate of drug-likeness (QED) is 0.718. The summed E-state index contributed by atoms with van der Waals surface area (Å²) in [5.41, 5.74) is 11.7. The lowest BCUT2D eigenvalue weighted by atomic mass is 10.00. The second kappa shape index (κ2) is 6.64. The van der Waals surface area contributed by atoms with Crippen LogP contribution in [0.2, 0.25) is 0 Å². The maximum Gasteiger partial charge on any atom is 0.131 e. The molecule has 0 spiro atoms. The van der Waals surface area contributed by atoms with E-state index >= 15 is 0 Å². The van der Waals surface area contributed by atoms with Crippen LogP contribution in [0.25, 0.3) is 11.3 Å². The Kier molecular flexibility index (Phi) is 4.19. The first-order valence-corrected chi connectivity index (χ1v) is 8.65. The van der Waals surface area contributed by atoms with Gasteiger partial charge < -0.3 is 11.1 Å². The lowest BCUT2D eigenvalue weighted by Crippen LogP contribution is -2.11. The third-order valence-corrected chi connectivity index (χ3v) is 4.67. The minimum absolute atomic E-state index is 0.110. The van der Waals surface area contributed by atoms with E-state index in [1.54, 1.807) is 17.1 Å². The molecule has 1 unspecified atom stereocenters. The summed E-state index contributed by atoms with van der Waals surface area (Å²) >= 11 is 0. The zero-order valence-corrected chi connectivity index (χ0v) is 14.3. The van der Waals surface area contributed by atoms with Crippen molar-refractivity contribution in [2.75, 3.05) is 5.32 Å². The minimum Gasteiger partial charge on any atom is -0.338 e. The highest BCUT2D eigenvalue weighted by molar-refractivity contribution is 5.66. The monoisotopic (exact) mass is 334 g/mol. The molecule has 3 heterocycles. The summed E-state index contributed by atoms with van der Waals surface area (Å²) in [7, 11) is 1.89. The molecule has 3 N–H and O–H groups in total. The van der Waals surface area contributed by atoms with E-state index in [-0.39, 0.29) is 6.04 Å². The fourth-order valence-electron chi connectivity index (χ4n) is 3.34. The van der Waals surface area contributed by atoms with Crippen LogP contribution in [0, 0.1) is 0 Å². The molecule has 0 saturated carbocycles. The number of hydrogen-bond donors (Lipinski definition) is 2. The van der Waals surface area contributed by atoms with Gasteiger partial charge in [-0.25, -0.2) is 4.98 Å². The molecule has 0 aromatic carbocycles. The molecule has 1 aliphatic rings. The summed E-state index contributed by atoms with van der Waals surface area (Å²) in [6, 6.07) is 6.29. The van der Waals surface area contributed by atoms with E-state index in [4.69, 9.17) is 5.73 Å². The highest BCUT2D eigenvalue weighted by Gasteiger charge is 2.16. The third-order valence-electron chi connectivity index (χ3n) is 4.67. The van der Waals surface area contributed by atoms with Gasteiger partial charge in [-0.1, -0.05) is 6.42 Å². The average Bonchev–Trinajstić information content (AvgIpc) is 2.93. The van der Waals surface area contributed by atoms with E-state index in [1.165, 1.54) is 24.0 Å². The number of anilines is 2. The number of nitrogens with two attached hydrogens (primary N) is 1. The standard InChI is InChI=1S/C19H22N6/c1-25-12-15(10-23-25)24-19-9-14(6-7-21-19)18-8-13-4-2-3-5-17(20)16(13)11-22-18/h6-12,17H,2-5,20H2,1H3,(H,21,24). The molecule has 3 aromatic rings. The molecular formula is C19H22N6. The van der Waals surface area contributed by atoms with Crippen LogP contribution in [0.3, 0.4) is 0 Å². The number of aromatic nitrogens is 4. The average molecular weight is 334 g/mol. The van der Waals surface area contributed by atoms with Crippen LogP contribution in [-0.4, -0.2) is 19.7 Å². The number of aryl methyl sites for hydroxylation is 2. The van der Waals surface area contributed by atoms with Crippen molar-refractivity contribution in [2.24, 2.45) is 12.8 Å². The van der Waals surface area contributed by atoms with Crippen LogP contribution in [0.1, 0.15) is 36.4 Å². The SMILES string of the molecule is Cn1cc(Nc2cc(-c3cc4c(cn3)C(N)CCCC4)ccn2)cn1. The number of nitrogens with zero attached hydrogens (tertiary/aromatic N) is 4. The molecule has 6 nitrogen and oxygen atoms in total. The fourth-order valence-corrected chi connectivity index (χ4v) is 3.34. The topological polar surface area (TPSA) is 81.7 Å². The third kappa shape index (κ3) is 3.39. The first kappa shape index (κ1) is 15.8. The predicted octanol–water partition coefficient (Wildman–Crippen LogP) is 3.35. The Morgan fingerprint density at radius 1 is 1.20 bits per heavy atom. The molecule has 6 heteroatoms. The maximum atomic E-state index is 6.28. The van der Waals surface area contributed by atoms with Gasteiger partial charge in [0.1, 0.15) is 5.82 Å². The van der Waals surface area contributed by atoms with Crippen molar-refractivity contribution in [2.45, 2.75) is 31.7 Å². The van der Waals surface area contributed by atoms with E-state index in [0.29, 0.717) is 0 Å². The molecule has 1 aliphatic carbocycles. The Morgan fingerprint density at radius 2 is 2.12 bits per heavy atom. The van der Waals surface area contributed by atoms with Crippen LogP contribution >= 0.6 is 0 Å². The van der Waals surface area contributed by atoms with E-state index < -0.39 is 0 Å². The smallest absolute Gasteiger partial charge is 0.131 e. The second-order valence-corrected chi connectivity index (χ2v) is 6.58. The zero-order valence-electron chi connectivity index (χ0n) is 14.3. The molecule has 0 amide bonds. The van der Waals surface area contributed by atoms with Crippen LogP contribution in [0.5, 0.6) is 0 Å². The van der Waals surface area contributed by atoms with Gasteiger partial charge in [0.15, 0.2) is 0 Å². The molecule has 0 fully saturated rings. The Hall–Kier alpha value is -2.73. The summed E-state index contributed by atoms with van der Waals surface area (Å²) in [4.78, 5) is 9.04. The van der Waals surface area contributed by atoms with Crippen molar-refractivity contribution in [1.29, 1.82) is 0 Å². The molecule has 0 radical (unpaired) electrons. The van der Waals surface area contributed by atoms with Gasteiger partial charge in [0.05, 0.1) is 17.6 Å². The molecule has 4 rings (SSSR count). The van der Waals surface area contributed by atoms with Crippen molar-refractivity contribution in [1.82, 2.24) is 19.7 Å². The summed E-state index contributed by atoms with van der Waals surface area (Å²) in [5.74, 6) is 0.777. The number of pyridine rings is 2. The summed E-state index contributed by atoms with van der Waals surface area (Å²) in [6.45, 7) is 0. The Morgan fingerprint density at radius 3 is 2.96 bits per heavy atom. The minimum atomic E-state index is 0.110. The molecule has 1 atom stereocenters. The molecule has 128 valence electrons. The zero-order chi connectivity index (χ0) is 17.2. The number of nitrogens with one attached hydrogen (secondary N) is 1. The van der Waals surface area contributed by atoms with Gasteiger partial charge >= 0.3 is 0 Å². The number of rotatable bonds is 3. The molecule has 3 aromatic heterocycles. The lowest BCUT2D eigenvalue weighted by Gasteiger charge is -2.13. The largest absolute Gasteiger partial charge is 0.338 e. The van der Waals surface area contributed by atoms with E-state index in [9.17, 15) is 0 Å². The number of hydrogen-bond acceptors (Lipinski definition) is 5. The Labute approximate surface area is 147 Å². The van der Waals surface area contributed by atoms with Crippen LogP contribution < -0.4 is 11.1 Å². The number of fused-ring (bicyclic) bond motifs is 1. The molecule has 0 bridgehead atoms. The highest BCUT2D eigenvalue weighted by atomic mass is 15.3. The Bertz CT molecular complexity index is 885. The first-order valence-electron chi connectivity index (χ1n) is 8.65. The second-order valence-electron chi connectivity index (χ2n) is 6.58. The summed E-state index contributed by atoms with van der Waals surface area (Å²) in [5, 5.41) is 7.43. The van der Waals surface area contributed by atoms with Gasteiger partial charge in [-0.2, -0.15) is 5.10 Å². The molecule has 25 heavy (non-hydrogen) atoms. The first-order chi connectivity index (χ1) is 12.2. The summed E-state index contributed by atoms with van der Waals surface area (Å²) < 4.78 is 1.75. The van der Waals surface area contributed by atoms with Gasteiger partial charge in [0.25, 0.3) is 0 Å². The van der Waals surface area contributed by atoms with Crippen LogP contribution in [-0.2, 0) is 13.5 Å². The van der Waals surface area contributed by atoms with Gasteiger partial charge in [-0.05, 0) is 48.6 Å². The van der Waals surface area contributed by atoms with Crippen LogP contribution in [0.15, 0.2) is 43.0 Å².